The minimum atomic E-state index is -1.25. The maximum absolute atomic E-state index is 11.2. The molecule has 5 heteroatoms. The van der Waals surface area contributed by atoms with Crippen LogP contribution in [0.2, 0.25) is 0 Å². The predicted octanol–water partition coefficient (Wildman–Crippen LogP) is 0.288. The van der Waals surface area contributed by atoms with Crippen LogP contribution in [0.1, 0.15) is 19.5 Å². The molecule has 0 aliphatic carbocycles. The van der Waals surface area contributed by atoms with Gasteiger partial charge in [0.1, 0.15) is 0 Å². The monoisotopic (exact) mass is 210 g/mol. The van der Waals surface area contributed by atoms with Crippen LogP contribution in [0.5, 0.6) is 0 Å². The van der Waals surface area contributed by atoms with Gasteiger partial charge >= 0.3 is 5.97 Å². The van der Waals surface area contributed by atoms with Crippen molar-refractivity contribution in [2.75, 3.05) is 7.11 Å². The molecule has 1 aromatic heterocycles. The Balaban J connectivity index is 2.97. The fraction of sp³-hybridized carbons (Fsp3) is 0.500. The van der Waals surface area contributed by atoms with Gasteiger partial charge in [0, 0.05) is 24.0 Å². The molecule has 15 heavy (non-hydrogen) atoms. The van der Waals surface area contributed by atoms with E-state index in [0.717, 1.165) is 0 Å². The Bertz CT molecular complexity index is 338. The number of hydrogen-bond donors (Lipinski definition) is 1. The number of aliphatic hydroxyl groups is 1. The lowest BCUT2D eigenvalue weighted by Crippen LogP contribution is -2.41. The van der Waals surface area contributed by atoms with Crippen LogP contribution in [0.15, 0.2) is 18.6 Å². The van der Waals surface area contributed by atoms with Gasteiger partial charge in [0.25, 0.3) is 0 Å². The van der Waals surface area contributed by atoms with E-state index in [1.165, 1.54) is 25.7 Å². The van der Waals surface area contributed by atoms with E-state index < -0.39 is 17.5 Å². The van der Waals surface area contributed by atoms with Gasteiger partial charge in [-0.15, -0.1) is 0 Å². The quantitative estimate of drug-likeness (QED) is 0.726. The Hall–Kier alpha value is -1.49. The lowest BCUT2D eigenvalue weighted by Gasteiger charge is -2.27. The molecular weight excluding hydrogens is 196 g/mol. The summed E-state index contributed by atoms with van der Waals surface area (Å²) in [5, 5.41) is 9.76. The third-order valence-corrected chi connectivity index (χ3v) is 2.33. The van der Waals surface area contributed by atoms with Gasteiger partial charge in [-0.3, -0.25) is 9.97 Å². The highest BCUT2D eigenvalue weighted by Crippen LogP contribution is 2.25. The third kappa shape index (κ3) is 2.30. The van der Waals surface area contributed by atoms with E-state index in [9.17, 15) is 9.90 Å². The van der Waals surface area contributed by atoms with Crippen molar-refractivity contribution >= 4 is 5.97 Å². The first-order chi connectivity index (χ1) is 7.00. The zero-order chi connectivity index (χ0) is 11.5. The molecule has 0 bridgehead atoms. The topological polar surface area (TPSA) is 72.3 Å². The Morgan fingerprint density at radius 1 is 1.53 bits per heavy atom. The van der Waals surface area contributed by atoms with Crippen LogP contribution in [0, 0.1) is 0 Å². The van der Waals surface area contributed by atoms with Gasteiger partial charge in [0.2, 0.25) is 0 Å². The number of carbonyl (C=O) groups is 1. The molecule has 82 valence electrons. The molecule has 1 aromatic rings. The molecule has 1 unspecified atom stereocenters. The van der Waals surface area contributed by atoms with Crippen LogP contribution >= 0.6 is 0 Å². The number of ether oxygens (including phenoxy) is 1. The normalized spacial score (nSPS) is 13.3. The zero-order valence-electron chi connectivity index (χ0n) is 8.97. The molecule has 0 saturated heterocycles. The molecule has 1 heterocycles. The number of hydrogen-bond acceptors (Lipinski definition) is 5. The molecule has 1 rings (SSSR count). The first-order valence-electron chi connectivity index (χ1n) is 4.52. The highest BCUT2D eigenvalue weighted by Gasteiger charge is 2.37. The number of methoxy groups -OCH3 is 1. The number of esters is 1. The maximum atomic E-state index is 11.2. The van der Waals surface area contributed by atoms with Crippen LogP contribution in [0.3, 0.4) is 0 Å². The Kier molecular flexibility index (Phi) is 3.36. The zero-order valence-corrected chi connectivity index (χ0v) is 8.97. The van der Waals surface area contributed by atoms with Crippen molar-refractivity contribution in [2.45, 2.75) is 25.4 Å². The Morgan fingerprint density at radius 3 is 2.67 bits per heavy atom. The fourth-order valence-electron chi connectivity index (χ4n) is 1.18. The van der Waals surface area contributed by atoms with Gasteiger partial charge in [-0.25, -0.2) is 4.79 Å². The van der Waals surface area contributed by atoms with Crippen LogP contribution in [-0.4, -0.2) is 34.3 Å². The van der Waals surface area contributed by atoms with Crippen LogP contribution in [0.4, 0.5) is 0 Å². The molecule has 0 saturated carbocycles. The molecule has 0 radical (unpaired) electrons. The molecular formula is C10H14N2O3. The fourth-order valence-corrected chi connectivity index (χ4v) is 1.18. The van der Waals surface area contributed by atoms with Crippen molar-refractivity contribution in [3.05, 3.63) is 24.3 Å². The van der Waals surface area contributed by atoms with Crippen molar-refractivity contribution in [3.63, 3.8) is 0 Å². The second-order valence-corrected chi connectivity index (χ2v) is 3.74. The van der Waals surface area contributed by atoms with Crippen molar-refractivity contribution in [2.24, 2.45) is 0 Å². The Morgan fingerprint density at radius 2 is 2.20 bits per heavy atom. The van der Waals surface area contributed by atoms with Gasteiger partial charge in [-0.05, 0) is 0 Å². The number of aromatic nitrogens is 2. The summed E-state index contributed by atoms with van der Waals surface area (Å²) in [5.41, 5.74) is -0.274. The van der Waals surface area contributed by atoms with Crippen LogP contribution in [-0.2, 0) is 14.9 Å². The van der Waals surface area contributed by atoms with Gasteiger partial charge in [0.05, 0.1) is 12.8 Å². The van der Waals surface area contributed by atoms with Gasteiger partial charge in [0.15, 0.2) is 6.10 Å². The van der Waals surface area contributed by atoms with E-state index in [-0.39, 0.29) is 0 Å². The van der Waals surface area contributed by atoms with E-state index in [0.29, 0.717) is 5.69 Å². The predicted molar refractivity (Wildman–Crippen MR) is 53.1 cm³/mol. The molecule has 1 atom stereocenters. The first-order valence-corrected chi connectivity index (χ1v) is 4.52. The van der Waals surface area contributed by atoms with Crippen molar-refractivity contribution in [3.8, 4) is 0 Å². The van der Waals surface area contributed by atoms with E-state index in [2.05, 4.69) is 14.7 Å². The average Bonchev–Trinajstić information content (AvgIpc) is 2.28. The number of nitrogens with zero attached hydrogens (tertiary/aromatic N) is 2. The first kappa shape index (κ1) is 11.6. The standard InChI is InChI=1S/C10H14N2O3/c1-10(2,8(13)9(14)15-3)7-6-11-4-5-12-7/h4-6,8,13H,1-3H3. The molecule has 0 fully saturated rings. The van der Waals surface area contributed by atoms with Crippen molar-refractivity contribution in [1.82, 2.24) is 9.97 Å². The number of carbonyl (C=O) groups excluding carboxylic acids is 1. The minimum Gasteiger partial charge on any atom is -0.467 e. The van der Waals surface area contributed by atoms with Crippen molar-refractivity contribution in [1.29, 1.82) is 0 Å². The summed E-state index contributed by atoms with van der Waals surface area (Å²) in [6.45, 7) is 3.41. The minimum absolute atomic E-state index is 0.544. The van der Waals surface area contributed by atoms with Crippen LogP contribution < -0.4 is 0 Å². The Labute approximate surface area is 88.1 Å². The molecule has 0 aromatic carbocycles. The molecule has 0 spiro atoms. The highest BCUT2D eigenvalue weighted by atomic mass is 16.5. The smallest absolute Gasteiger partial charge is 0.335 e. The maximum Gasteiger partial charge on any atom is 0.335 e. The summed E-state index contributed by atoms with van der Waals surface area (Å²) >= 11 is 0. The SMILES string of the molecule is COC(=O)C(O)C(C)(C)c1cnccn1. The van der Waals surface area contributed by atoms with E-state index in [4.69, 9.17) is 0 Å². The summed E-state index contributed by atoms with van der Waals surface area (Å²) in [7, 11) is 1.23. The number of rotatable bonds is 3. The summed E-state index contributed by atoms with van der Waals surface area (Å²) in [6, 6.07) is 0. The molecule has 5 nitrogen and oxygen atoms in total. The molecule has 0 aliphatic heterocycles. The van der Waals surface area contributed by atoms with Crippen molar-refractivity contribution < 1.29 is 14.6 Å². The van der Waals surface area contributed by atoms with Gasteiger partial charge in [-0.2, -0.15) is 0 Å². The second-order valence-electron chi connectivity index (χ2n) is 3.74. The second kappa shape index (κ2) is 4.35. The lowest BCUT2D eigenvalue weighted by molar-refractivity contribution is -0.154. The number of aliphatic hydroxyl groups excluding tert-OH is 1. The summed E-state index contributed by atoms with van der Waals surface area (Å²) in [4.78, 5) is 19.2. The average molecular weight is 210 g/mol. The van der Waals surface area contributed by atoms with Crippen LogP contribution in [0.25, 0.3) is 0 Å². The highest BCUT2D eigenvalue weighted by molar-refractivity contribution is 5.76. The third-order valence-electron chi connectivity index (χ3n) is 2.33. The molecule has 1 N–H and O–H groups in total. The van der Waals surface area contributed by atoms with Gasteiger partial charge < -0.3 is 9.84 Å². The summed E-state index contributed by atoms with van der Waals surface area (Å²) < 4.78 is 4.48. The van der Waals surface area contributed by atoms with Gasteiger partial charge in [-0.1, -0.05) is 13.8 Å². The lowest BCUT2D eigenvalue weighted by atomic mass is 9.83. The largest absolute Gasteiger partial charge is 0.467 e. The molecule has 0 amide bonds. The molecule has 0 aliphatic rings. The van der Waals surface area contributed by atoms with E-state index >= 15 is 0 Å². The van der Waals surface area contributed by atoms with E-state index in [1.54, 1.807) is 13.8 Å². The summed E-state index contributed by atoms with van der Waals surface area (Å²) in [5.74, 6) is -0.675. The van der Waals surface area contributed by atoms with E-state index in [1.807, 2.05) is 0 Å². The summed E-state index contributed by atoms with van der Waals surface area (Å²) in [6.07, 6.45) is 3.32.